The van der Waals surface area contributed by atoms with Gasteiger partial charge in [0.15, 0.2) is 5.16 Å². The quantitative estimate of drug-likeness (QED) is 0.692. The molecule has 1 atom stereocenters. The molecule has 0 saturated carbocycles. The highest BCUT2D eigenvalue weighted by Crippen LogP contribution is 2.31. The number of aromatic nitrogens is 3. The van der Waals surface area contributed by atoms with Gasteiger partial charge >= 0.3 is 0 Å². The zero-order valence-electron chi connectivity index (χ0n) is 17.5. The fourth-order valence-corrected chi connectivity index (χ4v) is 5.08. The van der Waals surface area contributed by atoms with Gasteiger partial charge in [0.1, 0.15) is 0 Å². The first-order chi connectivity index (χ1) is 14.1. The maximum absolute atomic E-state index is 12.9. The number of thioether (sulfide) groups is 1. The highest BCUT2D eigenvalue weighted by atomic mass is 32.2. The molecule has 0 bridgehead atoms. The van der Waals surface area contributed by atoms with Crippen LogP contribution in [-0.2, 0) is 4.79 Å². The van der Waals surface area contributed by atoms with Crippen molar-refractivity contribution in [1.82, 2.24) is 19.7 Å². The van der Waals surface area contributed by atoms with Crippen LogP contribution in [0.1, 0.15) is 51.0 Å². The summed E-state index contributed by atoms with van der Waals surface area (Å²) in [6.45, 7) is 7.88. The van der Waals surface area contributed by atoms with Gasteiger partial charge in [-0.2, -0.15) is 0 Å². The van der Waals surface area contributed by atoms with Gasteiger partial charge < -0.3 is 9.80 Å². The molecule has 29 heavy (non-hydrogen) atoms. The number of benzene rings is 1. The number of hydrogen-bond donors (Lipinski definition) is 0. The Bertz CT molecular complexity index is 822. The molecule has 4 rings (SSSR count). The predicted molar refractivity (Wildman–Crippen MR) is 118 cm³/mol. The minimum atomic E-state index is -0.171. The van der Waals surface area contributed by atoms with Crippen LogP contribution >= 0.6 is 11.8 Å². The summed E-state index contributed by atoms with van der Waals surface area (Å²) in [5.74, 6) is 1.11. The van der Waals surface area contributed by atoms with Gasteiger partial charge in [-0.1, -0.05) is 29.5 Å². The number of likely N-dealkylation sites (tertiary alicyclic amines) is 1. The van der Waals surface area contributed by atoms with Crippen molar-refractivity contribution in [3.05, 3.63) is 29.8 Å². The van der Waals surface area contributed by atoms with Crippen molar-refractivity contribution >= 4 is 23.6 Å². The minimum absolute atomic E-state index is 0.171. The molecule has 2 aromatic rings. The molecule has 7 heteroatoms. The summed E-state index contributed by atoms with van der Waals surface area (Å²) >= 11 is 1.53. The molecule has 1 amide bonds. The third-order valence-corrected chi connectivity index (χ3v) is 6.88. The minimum Gasteiger partial charge on any atom is -0.342 e. The van der Waals surface area contributed by atoms with Gasteiger partial charge in [-0.3, -0.25) is 9.36 Å². The van der Waals surface area contributed by atoms with E-state index in [9.17, 15) is 4.79 Å². The molecule has 0 spiro atoms. The Morgan fingerprint density at radius 3 is 2.21 bits per heavy atom. The van der Waals surface area contributed by atoms with Crippen molar-refractivity contribution in [2.75, 3.05) is 31.1 Å². The van der Waals surface area contributed by atoms with Gasteiger partial charge in [0.2, 0.25) is 11.9 Å². The summed E-state index contributed by atoms with van der Waals surface area (Å²) in [5, 5.41) is 9.71. The van der Waals surface area contributed by atoms with Crippen LogP contribution in [0.3, 0.4) is 0 Å². The SMILES string of the molecule is Cc1ccc(-n2c(SC(C)C(=O)N3CCCCC3)nnc2N2CCCCC2)cc1. The van der Waals surface area contributed by atoms with Crippen LogP contribution in [0.2, 0.25) is 0 Å². The van der Waals surface area contributed by atoms with Gasteiger partial charge in [-0.15, -0.1) is 10.2 Å². The smallest absolute Gasteiger partial charge is 0.235 e. The summed E-state index contributed by atoms with van der Waals surface area (Å²) in [6, 6.07) is 8.47. The van der Waals surface area contributed by atoms with E-state index in [1.54, 1.807) is 0 Å². The van der Waals surface area contributed by atoms with Crippen molar-refractivity contribution in [2.45, 2.75) is 62.8 Å². The zero-order valence-corrected chi connectivity index (χ0v) is 18.3. The van der Waals surface area contributed by atoms with Crippen molar-refractivity contribution < 1.29 is 4.79 Å². The summed E-state index contributed by atoms with van der Waals surface area (Å²) in [7, 11) is 0. The Morgan fingerprint density at radius 2 is 1.55 bits per heavy atom. The maximum atomic E-state index is 12.9. The van der Waals surface area contributed by atoms with Crippen molar-refractivity contribution in [3.8, 4) is 5.69 Å². The van der Waals surface area contributed by atoms with E-state index >= 15 is 0 Å². The van der Waals surface area contributed by atoms with Gasteiger partial charge in [-0.25, -0.2) is 0 Å². The van der Waals surface area contributed by atoms with Crippen LogP contribution in [-0.4, -0.2) is 57.0 Å². The Hall–Kier alpha value is -2.02. The average Bonchev–Trinajstić information content (AvgIpc) is 3.18. The standard InChI is InChI=1S/C22H31N5OS/c1-17-9-11-19(12-10-17)27-21(26-15-7-4-8-16-26)23-24-22(27)29-18(2)20(28)25-13-5-3-6-14-25/h9-12,18H,3-8,13-16H2,1-2H3. The second-order valence-corrected chi connectivity index (χ2v) is 9.46. The molecule has 6 nitrogen and oxygen atoms in total. The number of hydrogen-bond acceptors (Lipinski definition) is 5. The highest BCUT2D eigenvalue weighted by Gasteiger charge is 2.27. The number of carbonyl (C=O) groups excluding carboxylic acids is 1. The Kier molecular flexibility index (Phi) is 6.43. The molecule has 1 aromatic heterocycles. The second-order valence-electron chi connectivity index (χ2n) is 8.15. The molecule has 2 aliphatic rings. The van der Waals surface area contributed by atoms with Crippen molar-refractivity contribution in [2.24, 2.45) is 0 Å². The largest absolute Gasteiger partial charge is 0.342 e. The normalized spacial score (nSPS) is 18.7. The molecule has 0 aliphatic carbocycles. The number of aryl methyl sites for hydroxylation is 1. The Balaban J connectivity index is 1.61. The monoisotopic (exact) mass is 413 g/mol. The molecular formula is C22H31N5OS. The highest BCUT2D eigenvalue weighted by molar-refractivity contribution is 8.00. The van der Waals surface area contributed by atoms with Crippen molar-refractivity contribution in [1.29, 1.82) is 0 Å². The summed E-state index contributed by atoms with van der Waals surface area (Å²) in [4.78, 5) is 17.3. The van der Waals surface area contributed by atoms with Gasteiger partial charge in [0.05, 0.1) is 10.9 Å². The van der Waals surface area contributed by atoms with Crippen LogP contribution in [0.15, 0.2) is 29.4 Å². The van der Waals surface area contributed by atoms with E-state index in [0.717, 1.165) is 55.8 Å². The fraction of sp³-hybridized carbons (Fsp3) is 0.591. The summed E-state index contributed by atoms with van der Waals surface area (Å²) in [5.41, 5.74) is 2.28. The lowest BCUT2D eigenvalue weighted by Gasteiger charge is -2.29. The third kappa shape index (κ3) is 4.60. The van der Waals surface area contributed by atoms with E-state index in [2.05, 4.69) is 50.9 Å². The first-order valence-electron chi connectivity index (χ1n) is 10.9. The molecular weight excluding hydrogens is 382 g/mol. The second kappa shape index (κ2) is 9.20. The van der Waals surface area contributed by atoms with E-state index in [0.29, 0.717) is 0 Å². The first-order valence-corrected chi connectivity index (χ1v) is 11.7. The third-order valence-electron chi connectivity index (χ3n) is 5.85. The topological polar surface area (TPSA) is 54.3 Å². The molecule has 0 N–H and O–H groups in total. The van der Waals surface area contributed by atoms with Crippen LogP contribution < -0.4 is 4.90 Å². The molecule has 156 valence electrons. The van der Waals surface area contributed by atoms with Crippen LogP contribution in [0.5, 0.6) is 0 Å². The molecule has 2 saturated heterocycles. The first kappa shape index (κ1) is 20.3. The summed E-state index contributed by atoms with van der Waals surface area (Å²) in [6.07, 6.45) is 7.11. The average molecular weight is 414 g/mol. The molecule has 3 heterocycles. The maximum Gasteiger partial charge on any atom is 0.235 e. The van der Waals surface area contributed by atoms with Crippen molar-refractivity contribution in [3.63, 3.8) is 0 Å². The summed E-state index contributed by atoms with van der Waals surface area (Å²) < 4.78 is 2.13. The Morgan fingerprint density at radius 1 is 0.931 bits per heavy atom. The van der Waals surface area contributed by atoms with E-state index in [1.807, 2.05) is 11.8 Å². The van der Waals surface area contributed by atoms with Crippen LogP contribution in [0.25, 0.3) is 5.69 Å². The van der Waals surface area contributed by atoms with Gasteiger partial charge in [0, 0.05) is 26.2 Å². The predicted octanol–water partition coefficient (Wildman–Crippen LogP) is 4.06. The fourth-order valence-electron chi connectivity index (χ4n) is 4.14. The number of amides is 1. The molecule has 1 unspecified atom stereocenters. The van der Waals surface area contributed by atoms with E-state index < -0.39 is 0 Å². The molecule has 2 aliphatic heterocycles. The lowest BCUT2D eigenvalue weighted by molar-refractivity contribution is -0.131. The van der Waals surface area contributed by atoms with E-state index in [4.69, 9.17) is 0 Å². The van der Waals surface area contributed by atoms with E-state index in [-0.39, 0.29) is 11.2 Å². The molecule has 0 radical (unpaired) electrons. The lowest BCUT2D eigenvalue weighted by Crippen LogP contribution is -2.40. The number of carbonyl (C=O) groups is 1. The van der Waals surface area contributed by atoms with Gasteiger partial charge in [0.25, 0.3) is 0 Å². The zero-order chi connectivity index (χ0) is 20.2. The van der Waals surface area contributed by atoms with Crippen LogP contribution in [0, 0.1) is 6.92 Å². The number of nitrogens with zero attached hydrogens (tertiary/aromatic N) is 5. The molecule has 2 fully saturated rings. The van der Waals surface area contributed by atoms with Gasteiger partial charge in [-0.05, 0) is 64.5 Å². The number of rotatable bonds is 5. The Labute approximate surface area is 177 Å². The van der Waals surface area contributed by atoms with Crippen LogP contribution in [0.4, 0.5) is 5.95 Å². The number of anilines is 1. The lowest BCUT2D eigenvalue weighted by atomic mass is 10.1. The number of piperidine rings is 2. The van der Waals surface area contributed by atoms with E-state index in [1.165, 1.54) is 43.0 Å². The molecule has 1 aromatic carbocycles.